The molecule has 3 N–H and O–H groups in total. The fourth-order valence-corrected chi connectivity index (χ4v) is 2.02. The van der Waals surface area contributed by atoms with Crippen LogP contribution < -0.4 is 20.5 Å². The fraction of sp³-hybridized carbons (Fsp3) is 0.133. The first-order valence-corrected chi connectivity index (χ1v) is 6.35. The van der Waals surface area contributed by atoms with Crippen LogP contribution >= 0.6 is 0 Å². The van der Waals surface area contributed by atoms with Gasteiger partial charge in [-0.1, -0.05) is 6.07 Å². The summed E-state index contributed by atoms with van der Waals surface area (Å²) < 4.78 is 23.5. The molecule has 108 valence electrons. The molecule has 1 aliphatic heterocycles. The Hall–Kier alpha value is -2.76. The summed E-state index contributed by atoms with van der Waals surface area (Å²) in [6.07, 6.45) is 0. The van der Waals surface area contributed by atoms with Gasteiger partial charge in [0, 0.05) is 12.1 Å². The quantitative estimate of drug-likeness (QED) is 0.848. The Labute approximate surface area is 120 Å². The number of nitrogens with one attached hydrogen (secondary N) is 1. The molecule has 6 heteroatoms. The van der Waals surface area contributed by atoms with Crippen molar-refractivity contribution in [2.45, 2.75) is 6.54 Å². The van der Waals surface area contributed by atoms with Crippen molar-refractivity contribution in [2.75, 3.05) is 12.5 Å². The van der Waals surface area contributed by atoms with Crippen LogP contribution in [0.15, 0.2) is 36.4 Å². The maximum absolute atomic E-state index is 13.1. The minimum absolute atomic E-state index is 0.0503. The molecule has 1 aliphatic rings. The standard InChI is InChI=1S/C15H13FN2O3/c16-11-3-2-10(6-12(11)17)15(19)18-7-9-1-4-13-14(5-9)21-8-20-13/h1-6H,7-8,17H2,(H,18,19). The minimum Gasteiger partial charge on any atom is -0.454 e. The van der Waals surface area contributed by atoms with Crippen LogP contribution in [0.4, 0.5) is 10.1 Å². The summed E-state index contributed by atoms with van der Waals surface area (Å²) in [4.78, 5) is 12.0. The zero-order valence-electron chi connectivity index (χ0n) is 11.1. The second kappa shape index (κ2) is 5.32. The molecule has 0 radical (unpaired) electrons. The molecular weight excluding hydrogens is 275 g/mol. The summed E-state index contributed by atoms with van der Waals surface area (Å²) in [6.45, 7) is 0.534. The van der Waals surface area contributed by atoms with Gasteiger partial charge < -0.3 is 20.5 Å². The van der Waals surface area contributed by atoms with Gasteiger partial charge in [0.05, 0.1) is 5.69 Å². The predicted molar refractivity (Wildman–Crippen MR) is 74.5 cm³/mol. The first-order valence-electron chi connectivity index (χ1n) is 6.35. The smallest absolute Gasteiger partial charge is 0.251 e. The Kier molecular flexibility index (Phi) is 3.35. The third kappa shape index (κ3) is 2.74. The lowest BCUT2D eigenvalue weighted by molar-refractivity contribution is 0.0951. The van der Waals surface area contributed by atoms with Crippen molar-refractivity contribution < 1.29 is 18.7 Å². The Bertz CT molecular complexity index is 703. The summed E-state index contributed by atoms with van der Waals surface area (Å²) in [6, 6.07) is 9.31. The number of carbonyl (C=O) groups is 1. The van der Waals surface area contributed by atoms with Crippen LogP contribution in [0.1, 0.15) is 15.9 Å². The third-order valence-electron chi connectivity index (χ3n) is 3.15. The molecule has 0 saturated heterocycles. The van der Waals surface area contributed by atoms with E-state index in [9.17, 15) is 9.18 Å². The van der Waals surface area contributed by atoms with Crippen molar-refractivity contribution >= 4 is 11.6 Å². The van der Waals surface area contributed by atoms with Gasteiger partial charge in [0.1, 0.15) is 5.82 Å². The highest BCUT2D eigenvalue weighted by Crippen LogP contribution is 2.32. The first-order chi connectivity index (χ1) is 10.1. The van der Waals surface area contributed by atoms with Gasteiger partial charge in [-0.05, 0) is 35.9 Å². The van der Waals surface area contributed by atoms with E-state index in [1.165, 1.54) is 18.2 Å². The van der Waals surface area contributed by atoms with E-state index < -0.39 is 5.82 Å². The van der Waals surface area contributed by atoms with E-state index in [0.717, 1.165) is 5.56 Å². The van der Waals surface area contributed by atoms with Crippen molar-refractivity contribution in [1.82, 2.24) is 5.32 Å². The number of nitrogens with two attached hydrogens (primary N) is 1. The van der Waals surface area contributed by atoms with E-state index in [1.54, 1.807) is 6.07 Å². The summed E-state index contributed by atoms with van der Waals surface area (Å²) in [7, 11) is 0. The number of ether oxygens (including phenoxy) is 2. The van der Waals surface area contributed by atoms with Crippen LogP contribution in [-0.2, 0) is 6.54 Å². The Balaban J connectivity index is 1.67. The van der Waals surface area contributed by atoms with E-state index in [-0.39, 0.29) is 18.4 Å². The number of halogens is 1. The monoisotopic (exact) mass is 288 g/mol. The molecule has 2 aromatic carbocycles. The predicted octanol–water partition coefficient (Wildman–Crippen LogP) is 2.07. The molecule has 3 rings (SSSR count). The van der Waals surface area contributed by atoms with Crippen LogP contribution in [0.5, 0.6) is 11.5 Å². The SMILES string of the molecule is Nc1cc(C(=O)NCc2ccc3c(c2)OCO3)ccc1F. The van der Waals surface area contributed by atoms with Crippen LogP contribution in [-0.4, -0.2) is 12.7 Å². The maximum Gasteiger partial charge on any atom is 0.251 e. The largest absolute Gasteiger partial charge is 0.454 e. The zero-order valence-corrected chi connectivity index (χ0v) is 11.1. The number of nitrogen functional groups attached to an aromatic ring is 1. The van der Waals surface area contributed by atoms with Gasteiger partial charge in [0.2, 0.25) is 6.79 Å². The topological polar surface area (TPSA) is 73.6 Å². The van der Waals surface area contributed by atoms with Gasteiger partial charge in [-0.2, -0.15) is 0 Å². The number of hydrogen-bond donors (Lipinski definition) is 2. The van der Waals surface area contributed by atoms with Crippen molar-refractivity contribution in [1.29, 1.82) is 0 Å². The van der Waals surface area contributed by atoms with Gasteiger partial charge >= 0.3 is 0 Å². The fourth-order valence-electron chi connectivity index (χ4n) is 2.02. The number of benzene rings is 2. The molecule has 0 aliphatic carbocycles. The molecule has 0 aromatic heterocycles. The Morgan fingerprint density at radius 3 is 2.81 bits per heavy atom. The second-order valence-corrected chi connectivity index (χ2v) is 4.61. The van der Waals surface area contributed by atoms with Gasteiger partial charge in [0.15, 0.2) is 11.5 Å². The zero-order chi connectivity index (χ0) is 14.8. The molecule has 0 fully saturated rings. The van der Waals surface area contributed by atoms with E-state index in [4.69, 9.17) is 15.2 Å². The molecule has 1 heterocycles. The molecule has 1 amide bonds. The van der Waals surface area contributed by atoms with Gasteiger partial charge in [-0.25, -0.2) is 4.39 Å². The highest BCUT2D eigenvalue weighted by molar-refractivity contribution is 5.95. The molecule has 0 spiro atoms. The van der Waals surface area contributed by atoms with Crippen LogP contribution in [0.25, 0.3) is 0 Å². The van der Waals surface area contributed by atoms with Crippen LogP contribution in [0, 0.1) is 5.82 Å². The molecule has 0 bridgehead atoms. The van der Waals surface area contributed by atoms with Gasteiger partial charge in [-0.15, -0.1) is 0 Å². The molecule has 0 atom stereocenters. The van der Waals surface area contributed by atoms with E-state index in [0.29, 0.717) is 23.6 Å². The lowest BCUT2D eigenvalue weighted by Crippen LogP contribution is -2.22. The lowest BCUT2D eigenvalue weighted by atomic mass is 10.1. The molecular formula is C15H13FN2O3. The van der Waals surface area contributed by atoms with Crippen molar-refractivity contribution in [3.63, 3.8) is 0 Å². The highest BCUT2D eigenvalue weighted by atomic mass is 19.1. The number of hydrogen-bond acceptors (Lipinski definition) is 4. The first kappa shape index (κ1) is 13.2. The molecule has 2 aromatic rings. The Morgan fingerprint density at radius 2 is 2.00 bits per heavy atom. The molecule has 5 nitrogen and oxygen atoms in total. The third-order valence-corrected chi connectivity index (χ3v) is 3.15. The average molecular weight is 288 g/mol. The van der Waals surface area contributed by atoms with Crippen molar-refractivity contribution in [2.24, 2.45) is 0 Å². The molecule has 0 unspecified atom stereocenters. The highest BCUT2D eigenvalue weighted by Gasteiger charge is 2.14. The Morgan fingerprint density at radius 1 is 1.19 bits per heavy atom. The van der Waals surface area contributed by atoms with E-state index >= 15 is 0 Å². The van der Waals surface area contributed by atoms with Crippen LogP contribution in [0.3, 0.4) is 0 Å². The maximum atomic E-state index is 13.1. The molecule has 0 saturated carbocycles. The number of amides is 1. The summed E-state index contributed by atoms with van der Waals surface area (Å²) in [5, 5.41) is 2.74. The number of anilines is 1. The normalized spacial score (nSPS) is 12.2. The number of carbonyl (C=O) groups excluding carboxylic acids is 1. The van der Waals surface area contributed by atoms with Gasteiger partial charge in [0.25, 0.3) is 5.91 Å². The summed E-state index contributed by atoms with van der Waals surface area (Å²) in [5.74, 6) is 0.492. The van der Waals surface area contributed by atoms with Crippen molar-refractivity contribution in [3.05, 3.63) is 53.3 Å². The summed E-state index contributed by atoms with van der Waals surface area (Å²) in [5.41, 5.74) is 6.58. The lowest BCUT2D eigenvalue weighted by Gasteiger charge is -2.07. The number of fused-ring (bicyclic) bond motifs is 1. The van der Waals surface area contributed by atoms with Crippen LogP contribution in [0.2, 0.25) is 0 Å². The van der Waals surface area contributed by atoms with Crippen molar-refractivity contribution in [3.8, 4) is 11.5 Å². The minimum atomic E-state index is -0.540. The van der Waals surface area contributed by atoms with E-state index in [1.807, 2.05) is 12.1 Å². The number of rotatable bonds is 3. The summed E-state index contributed by atoms with van der Waals surface area (Å²) >= 11 is 0. The van der Waals surface area contributed by atoms with Gasteiger partial charge in [-0.3, -0.25) is 4.79 Å². The van der Waals surface area contributed by atoms with E-state index in [2.05, 4.69) is 5.32 Å². The second-order valence-electron chi connectivity index (χ2n) is 4.61. The molecule has 21 heavy (non-hydrogen) atoms. The average Bonchev–Trinajstić information content (AvgIpc) is 2.95.